The zero-order valence-corrected chi connectivity index (χ0v) is 44.8. The average Bonchev–Trinajstić information content (AvgIpc) is 4.39. The van der Waals surface area contributed by atoms with Crippen molar-refractivity contribution in [3.05, 3.63) is 107 Å². The van der Waals surface area contributed by atoms with Crippen molar-refractivity contribution in [2.75, 3.05) is 59.7 Å². The first-order valence-electron chi connectivity index (χ1n) is 26.3. The summed E-state index contributed by atoms with van der Waals surface area (Å²) < 4.78 is 111. The molecular formula is C54H60F8N12O8. The van der Waals surface area contributed by atoms with Crippen molar-refractivity contribution in [2.45, 2.75) is 115 Å². The summed E-state index contributed by atoms with van der Waals surface area (Å²) in [4.78, 5) is 67.5. The van der Waals surface area contributed by atoms with Crippen LogP contribution in [0.5, 0.6) is 0 Å². The van der Waals surface area contributed by atoms with Gasteiger partial charge in [0.2, 0.25) is 0 Å². The van der Waals surface area contributed by atoms with Crippen LogP contribution in [0.15, 0.2) is 73.6 Å². The minimum absolute atomic E-state index is 0.0400. The summed E-state index contributed by atoms with van der Waals surface area (Å²) >= 11 is 0. The third-order valence-electron chi connectivity index (χ3n) is 15.4. The topological polar surface area (TPSA) is 247 Å². The molecule has 2 saturated heterocycles. The van der Waals surface area contributed by atoms with E-state index in [1.165, 1.54) is 71.3 Å². The predicted octanol–water partition coefficient (Wildman–Crippen LogP) is 6.37. The second-order valence-corrected chi connectivity index (χ2v) is 22.1. The van der Waals surface area contributed by atoms with E-state index in [9.17, 15) is 74.7 Å². The molecule has 28 heteroatoms. The first kappa shape index (κ1) is 59.1. The summed E-state index contributed by atoms with van der Waals surface area (Å²) in [6, 6.07) is 9.63. The second kappa shape index (κ2) is 22.6. The number of hydrogen-bond acceptors (Lipinski definition) is 14. The number of fused-ring (bicyclic) bond motifs is 4. The molecule has 8 heterocycles. The molecule has 6 N–H and O–H groups in total. The van der Waals surface area contributed by atoms with Gasteiger partial charge in [0.25, 0.3) is 23.6 Å². The minimum atomic E-state index is -4.73. The second-order valence-electron chi connectivity index (χ2n) is 22.1. The molecule has 4 aliphatic rings. The summed E-state index contributed by atoms with van der Waals surface area (Å²) in [5.41, 5.74) is 0.738. The summed E-state index contributed by atoms with van der Waals surface area (Å²) in [6.07, 6.45) is -8.58. The van der Waals surface area contributed by atoms with Gasteiger partial charge in [0.15, 0.2) is 23.5 Å². The molecule has 82 heavy (non-hydrogen) atoms. The standard InChI is InChI=1S/2C27H30F4N6O4/c2*1-26(2,41)21(28)14-36-13-16-10-19(34-24(39)18-12-33-37-7-3-6-32-23(18)37)20(11-17(16)25(36)40)35-8-4-15(5-9-35)22(38)27(29,30)31/h2*3,6-7,10-12,15,21-22,38,41H,4-5,8-9,13-14H2,1-2H3,(H,34,39)/t21-,22+;21-,22-/m11/s1. The minimum Gasteiger partial charge on any atom is -0.387 e. The maximum Gasteiger partial charge on any atom is 0.414 e. The van der Waals surface area contributed by atoms with Crippen molar-refractivity contribution >= 4 is 57.7 Å². The molecule has 20 nitrogen and oxygen atoms in total. The first-order valence-corrected chi connectivity index (χ1v) is 26.3. The van der Waals surface area contributed by atoms with Crippen LogP contribution < -0.4 is 20.4 Å². The molecule has 0 radical (unpaired) electrons. The van der Waals surface area contributed by atoms with E-state index in [0.717, 1.165) is 0 Å². The van der Waals surface area contributed by atoms with Crippen molar-refractivity contribution < 1.29 is 74.7 Å². The van der Waals surface area contributed by atoms with Crippen LogP contribution in [0, 0.1) is 11.8 Å². The number of piperidine rings is 2. The van der Waals surface area contributed by atoms with E-state index < -0.39 is 83.6 Å². The number of nitrogens with one attached hydrogen (secondary N) is 2. The molecule has 4 amide bonds. The van der Waals surface area contributed by atoms with Crippen molar-refractivity contribution in [1.29, 1.82) is 0 Å². The summed E-state index contributed by atoms with van der Waals surface area (Å²) in [5.74, 6) is -3.95. The number of aliphatic hydroxyl groups excluding tert-OH is 2. The number of aliphatic hydroxyl groups is 4. The van der Waals surface area contributed by atoms with Crippen LogP contribution >= 0.6 is 0 Å². The SMILES string of the molecule is CC(C)(O)[C@H](F)CN1Cc2cc(NC(=O)c3cnn4cccnc34)c(N3CCC([C@@H](O)C(F)(F)F)CC3)cc2C1=O.CC(C)(O)[C@H](F)CN1Cc2cc(NC(=O)c3cnn4cccnc34)c(N3CCC([C@H](O)C(F)(F)F)CC3)cc2C1=O. The van der Waals surface area contributed by atoms with Gasteiger partial charge in [-0.15, -0.1) is 0 Å². The Morgan fingerprint density at radius 2 is 0.963 bits per heavy atom. The number of aromatic nitrogens is 6. The molecule has 2 fully saturated rings. The van der Waals surface area contributed by atoms with Gasteiger partial charge in [-0.25, -0.2) is 27.8 Å². The fourth-order valence-electron chi connectivity index (χ4n) is 10.5. The lowest BCUT2D eigenvalue weighted by Gasteiger charge is -2.37. The summed E-state index contributed by atoms with van der Waals surface area (Å²) in [5, 5.41) is 53.4. The Labute approximate surface area is 463 Å². The van der Waals surface area contributed by atoms with Crippen molar-refractivity contribution in [1.82, 2.24) is 39.0 Å². The monoisotopic (exact) mass is 1160 g/mol. The molecule has 2 aromatic carbocycles. The molecule has 6 aromatic rings. The van der Waals surface area contributed by atoms with Gasteiger partial charge >= 0.3 is 12.4 Å². The zero-order chi connectivity index (χ0) is 59.4. The highest BCUT2D eigenvalue weighted by molar-refractivity contribution is 6.11. The first-order chi connectivity index (χ1) is 38.5. The maximum absolute atomic E-state index is 14.6. The third kappa shape index (κ3) is 12.4. The van der Waals surface area contributed by atoms with Crippen LogP contribution in [0.4, 0.5) is 57.9 Å². The van der Waals surface area contributed by atoms with Gasteiger partial charge in [-0.1, -0.05) is 0 Å². The Morgan fingerprint density at radius 1 is 0.610 bits per heavy atom. The quantitative estimate of drug-likeness (QED) is 0.0649. The highest BCUT2D eigenvalue weighted by atomic mass is 19.4. The van der Waals surface area contributed by atoms with Gasteiger partial charge in [-0.05, 0) is 113 Å². The molecule has 10 rings (SSSR count). The molecule has 0 saturated carbocycles. The molecule has 0 spiro atoms. The number of amides is 4. The number of carbonyl (C=O) groups excluding carboxylic acids is 4. The third-order valence-corrected chi connectivity index (χ3v) is 15.4. The number of anilines is 4. The van der Waals surface area contributed by atoms with E-state index in [1.54, 1.807) is 58.6 Å². The lowest BCUT2D eigenvalue weighted by atomic mass is 9.90. The number of hydrogen-bond donors (Lipinski definition) is 6. The van der Waals surface area contributed by atoms with Gasteiger partial charge in [0.05, 0.1) is 59.4 Å². The Bertz CT molecular complexity index is 3140. The lowest BCUT2D eigenvalue weighted by Crippen LogP contribution is -2.43. The van der Waals surface area contributed by atoms with Gasteiger partial charge in [-0.2, -0.15) is 36.5 Å². The molecule has 0 aliphatic carbocycles. The molecule has 4 aromatic heterocycles. The van der Waals surface area contributed by atoms with Gasteiger partial charge in [0, 0.05) is 75.2 Å². The summed E-state index contributed by atoms with van der Waals surface area (Å²) in [7, 11) is 0. The highest BCUT2D eigenvalue weighted by Crippen LogP contribution is 2.41. The number of alkyl halides is 8. The van der Waals surface area contributed by atoms with Crippen molar-refractivity contribution in [3.63, 3.8) is 0 Å². The normalized spacial score (nSPS) is 18.1. The van der Waals surface area contributed by atoms with E-state index in [1.807, 2.05) is 0 Å². The van der Waals surface area contributed by atoms with Crippen molar-refractivity contribution in [3.8, 4) is 0 Å². The molecule has 0 bridgehead atoms. The Morgan fingerprint density at radius 3 is 1.29 bits per heavy atom. The average molecular weight is 1160 g/mol. The Balaban J connectivity index is 0.000000198. The van der Waals surface area contributed by atoms with Gasteiger partial charge in [0.1, 0.15) is 23.5 Å². The number of nitrogens with zero attached hydrogens (tertiary/aromatic N) is 10. The van der Waals surface area contributed by atoms with Crippen LogP contribution in [-0.2, 0) is 13.1 Å². The molecule has 4 atom stereocenters. The van der Waals surface area contributed by atoms with E-state index in [-0.39, 0.29) is 100 Å². The largest absolute Gasteiger partial charge is 0.414 e. The number of halogens is 8. The zero-order valence-electron chi connectivity index (χ0n) is 44.8. The number of benzene rings is 2. The van der Waals surface area contributed by atoms with Crippen LogP contribution in [-0.4, -0.2) is 170 Å². The molecule has 0 unspecified atom stereocenters. The molecule has 4 aliphatic heterocycles. The lowest BCUT2D eigenvalue weighted by molar-refractivity contribution is -0.221. The van der Waals surface area contributed by atoms with Crippen LogP contribution in [0.25, 0.3) is 11.3 Å². The number of carbonyl (C=O) groups is 4. The smallest absolute Gasteiger partial charge is 0.387 e. The molecule has 440 valence electrons. The van der Waals surface area contributed by atoms with E-state index in [4.69, 9.17) is 0 Å². The fraction of sp³-hybridized carbons (Fsp3) is 0.481. The number of rotatable bonds is 14. The van der Waals surface area contributed by atoms with Crippen molar-refractivity contribution in [2.24, 2.45) is 11.8 Å². The van der Waals surface area contributed by atoms with Gasteiger partial charge in [-0.3, -0.25) is 19.2 Å². The van der Waals surface area contributed by atoms with E-state index in [0.29, 0.717) is 45.2 Å². The predicted molar refractivity (Wildman–Crippen MR) is 281 cm³/mol. The van der Waals surface area contributed by atoms with E-state index in [2.05, 4.69) is 30.8 Å². The van der Waals surface area contributed by atoms with Crippen LogP contribution in [0.2, 0.25) is 0 Å². The van der Waals surface area contributed by atoms with Crippen LogP contribution in [0.1, 0.15) is 106 Å². The molecular weight excluding hydrogens is 1100 g/mol. The van der Waals surface area contributed by atoms with Gasteiger partial charge < -0.3 is 50.7 Å². The Kier molecular flexibility index (Phi) is 16.3. The van der Waals surface area contributed by atoms with Crippen LogP contribution in [0.3, 0.4) is 0 Å². The maximum atomic E-state index is 14.6. The fourth-order valence-corrected chi connectivity index (χ4v) is 10.5. The van der Waals surface area contributed by atoms with E-state index >= 15 is 0 Å². The highest BCUT2D eigenvalue weighted by Gasteiger charge is 2.46. The Hall–Kier alpha value is -7.56. The summed E-state index contributed by atoms with van der Waals surface area (Å²) in [6.45, 7) is 5.21.